The van der Waals surface area contributed by atoms with Crippen LogP contribution in [-0.4, -0.2) is 68.7 Å². The summed E-state index contributed by atoms with van der Waals surface area (Å²) in [6, 6.07) is 12.1. The van der Waals surface area contributed by atoms with Crippen molar-refractivity contribution in [2.24, 2.45) is 11.8 Å². The Bertz CT molecular complexity index is 1720. The van der Waals surface area contributed by atoms with E-state index in [1.54, 1.807) is 57.2 Å². The Balaban J connectivity index is 1.70. The molecule has 3 heterocycles. The molecular weight excluding hydrogens is 655 g/mol. The number of rotatable bonds is 15. The number of nitriles is 1. The van der Waals surface area contributed by atoms with Gasteiger partial charge in [-0.05, 0) is 51.0 Å². The molecule has 0 saturated carbocycles. The van der Waals surface area contributed by atoms with Crippen LogP contribution in [0.1, 0.15) is 65.9 Å². The molecule has 1 aliphatic heterocycles. The summed E-state index contributed by atoms with van der Waals surface area (Å²) in [4.78, 5) is 30.0. The van der Waals surface area contributed by atoms with Gasteiger partial charge in [-0.2, -0.15) is 15.4 Å². The summed E-state index contributed by atoms with van der Waals surface area (Å²) in [5.74, 6) is -1.22. The highest BCUT2D eigenvalue weighted by Gasteiger charge is 2.67. The normalized spacial score (nSPS) is 24.0. The Morgan fingerprint density at radius 3 is 2.45 bits per heavy atom. The van der Waals surface area contributed by atoms with Gasteiger partial charge in [-0.1, -0.05) is 58.7 Å². The van der Waals surface area contributed by atoms with Crippen molar-refractivity contribution in [3.05, 3.63) is 54.0 Å². The second-order valence-electron chi connectivity index (χ2n) is 12.5. The van der Waals surface area contributed by atoms with Crippen LogP contribution in [0.2, 0.25) is 0 Å². The molecule has 2 aromatic heterocycles. The maximum absolute atomic E-state index is 14.3. The highest BCUT2D eigenvalue weighted by Crippen LogP contribution is 2.51. The third kappa shape index (κ3) is 7.90. The summed E-state index contributed by atoms with van der Waals surface area (Å²) in [7, 11) is -4.43. The van der Waals surface area contributed by atoms with Gasteiger partial charge < -0.3 is 29.6 Å². The van der Waals surface area contributed by atoms with Crippen LogP contribution >= 0.6 is 7.75 Å². The van der Waals surface area contributed by atoms with E-state index < -0.39 is 61.7 Å². The Hall–Kier alpha value is -4.06. The molecule has 0 aliphatic carbocycles. The fraction of sp³-hybridized carbons (Fsp3) is 0.545. The quantitative estimate of drug-likeness (QED) is 0.150. The fourth-order valence-corrected chi connectivity index (χ4v) is 6.98. The summed E-state index contributed by atoms with van der Waals surface area (Å²) in [5.41, 5.74) is 2.12. The number of carbonyl (C=O) groups excluding carboxylic acids is 2. The van der Waals surface area contributed by atoms with E-state index in [-0.39, 0.29) is 35.6 Å². The Kier molecular flexibility index (Phi) is 11.7. The smallest absolute Gasteiger partial charge is 0.459 e. The van der Waals surface area contributed by atoms with E-state index in [1.165, 1.54) is 24.4 Å². The van der Waals surface area contributed by atoms with Crippen molar-refractivity contribution >= 4 is 31.0 Å². The largest absolute Gasteiger partial charge is 0.464 e. The molecule has 1 unspecified atom stereocenters. The lowest BCUT2D eigenvalue weighted by Crippen LogP contribution is -2.54. The molecule has 0 spiro atoms. The summed E-state index contributed by atoms with van der Waals surface area (Å²) < 4.78 is 44.8. The first-order chi connectivity index (χ1) is 23.1. The van der Waals surface area contributed by atoms with Gasteiger partial charge in [0.05, 0.1) is 24.8 Å². The van der Waals surface area contributed by atoms with Gasteiger partial charge in [0.2, 0.25) is 5.60 Å². The molecule has 3 aromatic rings. The van der Waals surface area contributed by atoms with Gasteiger partial charge in [0.1, 0.15) is 40.9 Å². The van der Waals surface area contributed by atoms with Gasteiger partial charge in [-0.3, -0.25) is 14.1 Å². The van der Waals surface area contributed by atoms with Crippen LogP contribution in [0.15, 0.2) is 42.5 Å². The molecule has 15 nitrogen and oxygen atoms in total. The number of nitrogens with zero attached hydrogens (tertiary/aromatic N) is 4. The van der Waals surface area contributed by atoms with E-state index in [2.05, 4.69) is 21.2 Å². The molecule has 4 N–H and O–H groups in total. The minimum atomic E-state index is -4.43. The molecule has 1 aromatic carbocycles. The number of aliphatic hydroxyl groups is 1. The van der Waals surface area contributed by atoms with Crippen molar-refractivity contribution in [1.82, 2.24) is 19.7 Å². The van der Waals surface area contributed by atoms with Crippen LogP contribution < -0.4 is 15.3 Å². The minimum absolute atomic E-state index is 0.0796. The third-order valence-electron chi connectivity index (χ3n) is 8.51. The number of hydrogen-bond donors (Lipinski definition) is 3. The zero-order valence-electron chi connectivity index (χ0n) is 28.8. The zero-order valence-corrected chi connectivity index (χ0v) is 29.7. The molecule has 6 atom stereocenters. The molecule has 1 aliphatic rings. The number of benzene rings is 1. The molecule has 0 amide bonds. The van der Waals surface area contributed by atoms with Crippen LogP contribution in [0.3, 0.4) is 0 Å². The number of nitrogens with one attached hydrogen (secondary N) is 1. The summed E-state index contributed by atoms with van der Waals surface area (Å²) in [5, 5.41) is 29.8. The molecule has 1 fully saturated rings. The van der Waals surface area contributed by atoms with Crippen molar-refractivity contribution in [1.29, 1.82) is 5.26 Å². The molecule has 16 heteroatoms. The Labute approximate surface area is 285 Å². The lowest BCUT2D eigenvalue weighted by molar-refractivity contribution is -0.168. The van der Waals surface area contributed by atoms with Gasteiger partial charge in [-0.25, -0.2) is 14.1 Å². The molecule has 0 radical (unpaired) electrons. The van der Waals surface area contributed by atoms with E-state index in [0.29, 0.717) is 5.52 Å². The number of hydrogen-bond acceptors (Lipinski definition) is 13. The number of nitrogen functional groups attached to an aromatic ring is 1. The standard InChI is InChI=1S/C33H45N6O9P/c1-8-23(9-2)17-44-31(41)21(5)38-49(43,48-24-13-11-10-12-14-24)45-18-26-28(46-30(40)20(3)4)32(7,42)33(19-34,47-26)27-16-15-25-29(35)36-22(6)37-39(25)27/h10-16,20-21,23,26,28,42H,8-9,17-18H2,1-7H3,(H,38,43)(H2,35,36,37)/t21-,26+,28+,32+,33-,49?/m0/s1. The highest BCUT2D eigenvalue weighted by atomic mass is 31.2. The SMILES string of the molecule is CCC(CC)COC(=O)[C@H](C)NP(=O)(OC[C@H]1O[C@@](C#N)(c2ccc3c(N)nc(C)nn23)[C@](C)(O)[C@@H]1OC(=O)C(C)C)Oc1ccccc1. The van der Waals surface area contributed by atoms with E-state index >= 15 is 0 Å². The summed E-state index contributed by atoms with van der Waals surface area (Å²) in [6.45, 7) is 11.1. The van der Waals surface area contributed by atoms with Crippen molar-refractivity contribution in [3.63, 3.8) is 0 Å². The summed E-state index contributed by atoms with van der Waals surface area (Å²) >= 11 is 0. The fourth-order valence-electron chi connectivity index (χ4n) is 5.48. The van der Waals surface area contributed by atoms with Crippen LogP contribution in [0.25, 0.3) is 5.52 Å². The maximum Gasteiger partial charge on any atom is 0.459 e. The van der Waals surface area contributed by atoms with Gasteiger partial charge in [0.25, 0.3) is 0 Å². The van der Waals surface area contributed by atoms with Gasteiger partial charge in [-0.15, -0.1) is 0 Å². The van der Waals surface area contributed by atoms with Gasteiger partial charge in [0, 0.05) is 0 Å². The predicted octanol–water partition coefficient (Wildman–Crippen LogP) is 4.22. The van der Waals surface area contributed by atoms with E-state index in [4.69, 9.17) is 29.0 Å². The average Bonchev–Trinajstić information content (AvgIpc) is 3.57. The van der Waals surface area contributed by atoms with Crippen molar-refractivity contribution in [2.75, 3.05) is 18.9 Å². The Morgan fingerprint density at radius 1 is 1.16 bits per heavy atom. The molecular formula is C33H45N6O9P. The topological polar surface area (TPSA) is 210 Å². The van der Waals surface area contributed by atoms with E-state index in [9.17, 15) is 24.5 Å². The predicted molar refractivity (Wildman–Crippen MR) is 178 cm³/mol. The minimum Gasteiger partial charge on any atom is -0.464 e. The molecule has 1 saturated heterocycles. The Morgan fingerprint density at radius 2 is 1.84 bits per heavy atom. The van der Waals surface area contributed by atoms with E-state index in [1.807, 2.05) is 13.8 Å². The lowest BCUT2D eigenvalue weighted by Gasteiger charge is -2.34. The van der Waals surface area contributed by atoms with Gasteiger partial charge >= 0.3 is 19.7 Å². The first-order valence-corrected chi connectivity index (χ1v) is 17.7. The molecule has 4 rings (SSSR count). The third-order valence-corrected chi connectivity index (χ3v) is 10.2. The molecule has 49 heavy (non-hydrogen) atoms. The number of anilines is 1. The highest BCUT2D eigenvalue weighted by molar-refractivity contribution is 7.52. The van der Waals surface area contributed by atoms with Crippen molar-refractivity contribution in [2.45, 2.75) is 90.8 Å². The number of aromatic nitrogens is 3. The number of nitrogens with two attached hydrogens (primary N) is 1. The van der Waals surface area contributed by atoms with Crippen molar-refractivity contribution in [3.8, 4) is 11.8 Å². The first kappa shape index (κ1) is 37.8. The van der Waals surface area contributed by atoms with E-state index in [0.717, 1.165) is 12.8 Å². The first-order valence-electron chi connectivity index (χ1n) is 16.2. The van der Waals surface area contributed by atoms with Crippen LogP contribution in [0.5, 0.6) is 5.75 Å². The molecule has 266 valence electrons. The maximum atomic E-state index is 14.3. The van der Waals surface area contributed by atoms with Gasteiger partial charge in [0.15, 0.2) is 11.9 Å². The lowest BCUT2D eigenvalue weighted by atomic mass is 9.80. The number of ether oxygens (including phenoxy) is 3. The summed E-state index contributed by atoms with van der Waals surface area (Å²) in [6.07, 6.45) is -1.25. The second kappa shape index (κ2) is 15.2. The number of carbonyl (C=O) groups is 2. The second-order valence-corrected chi connectivity index (χ2v) is 14.2. The monoisotopic (exact) mass is 700 g/mol. The van der Waals surface area contributed by atoms with Crippen LogP contribution in [-0.2, 0) is 38.5 Å². The molecule has 0 bridgehead atoms. The van der Waals surface area contributed by atoms with Crippen LogP contribution in [0.4, 0.5) is 5.82 Å². The number of fused-ring (bicyclic) bond motifs is 1. The zero-order chi connectivity index (χ0) is 36.1. The number of aryl methyl sites for hydroxylation is 1. The van der Waals surface area contributed by atoms with Crippen molar-refractivity contribution < 1.29 is 42.5 Å². The number of para-hydroxylation sites is 1. The average molecular weight is 701 g/mol. The van der Waals surface area contributed by atoms with Crippen LogP contribution in [0, 0.1) is 30.1 Å². The number of esters is 2.